The second kappa shape index (κ2) is 22.2. The van der Waals surface area contributed by atoms with Crippen LogP contribution >= 0.6 is 0 Å². The monoisotopic (exact) mass is 854 g/mol. The lowest BCUT2D eigenvalue weighted by atomic mass is 9.96. The smallest absolute Gasteiger partial charge is 0.303 e. The van der Waals surface area contributed by atoms with Crippen LogP contribution in [0.4, 0.5) is 0 Å². The lowest BCUT2D eigenvalue weighted by Gasteiger charge is -2.48. The Labute approximate surface area is 337 Å². The lowest BCUT2D eigenvalue weighted by Crippen LogP contribution is -2.66. The molecule has 3 saturated heterocycles. The molecule has 24 heteroatoms. The van der Waals surface area contributed by atoms with Crippen molar-refractivity contribution in [3.63, 3.8) is 0 Å². The van der Waals surface area contributed by atoms with E-state index in [1.807, 2.05) is 0 Å². The van der Waals surface area contributed by atoms with Gasteiger partial charge in [0.25, 0.3) is 0 Å². The first-order valence-corrected chi connectivity index (χ1v) is 18.1. The van der Waals surface area contributed by atoms with E-state index >= 15 is 0 Å². The molecule has 3 aliphatic heterocycles. The SMILES string of the molecule is CO[C@H]1O[C@H](CO[C@@H]2O[C@H](COC(C)=O)[C@H](OC(C)=O)[C@H](OC(C)=O)[C@H]2OC(C)=O)[C@@H](O)[C@H](O[C@@H]2O[C@H](COC(C)=O)[C@H](OC(C)=O)[C@H](OC(C)=O)[C@H]2OC(C)=O)[C@@H]1O. The number of ether oxygens (including phenoxy) is 14. The summed E-state index contributed by atoms with van der Waals surface area (Å²) >= 11 is 0. The minimum Gasteiger partial charge on any atom is -0.463 e. The Bertz CT molecular complexity index is 1520. The van der Waals surface area contributed by atoms with Gasteiger partial charge in [-0.15, -0.1) is 0 Å². The molecule has 3 aliphatic rings. The summed E-state index contributed by atoms with van der Waals surface area (Å²) < 4.78 is 77.3. The van der Waals surface area contributed by atoms with Crippen LogP contribution in [-0.2, 0) is 105 Å². The first kappa shape index (κ1) is 48.8. The molecule has 0 aliphatic carbocycles. The van der Waals surface area contributed by atoms with E-state index in [1.54, 1.807) is 0 Å². The van der Waals surface area contributed by atoms with Gasteiger partial charge in [-0.05, 0) is 0 Å². The highest BCUT2D eigenvalue weighted by Gasteiger charge is 2.57. The summed E-state index contributed by atoms with van der Waals surface area (Å²) in [6.45, 7) is 6.39. The Morgan fingerprint density at radius 2 is 0.763 bits per heavy atom. The Morgan fingerprint density at radius 1 is 0.407 bits per heavy atom. The molecule has 0 bridgehead atoms. The molecule has 3 fully saturated rings. The van der Waals surface area contributed by atoms with Gasteiger partial charge in [0.1, 0.15) is 49.8 Å². The molecule has 3 heterocycles. The molecule has 2 N–H and O–H groups in total. The Morgan fingerprint density at radius 3 is 1.15 bits per heavy atom. The highest BCUT2D eigenvalue weighted by Crippen LogP contribution is 2.35. The number of esters is 8. The minimum atomic E-state index is -1.91. The number of aliphatic hydroxyl groups excluding tert-OH is 2. The van der Waals surface area contributed by atoms with Crippen LogP contribution in [0.25, 0.3) is 0 Å². The fourth-order valence-corrected chi connectivity index (χ4v) is 6.36. The lowest BCUT2D eigenvalue weighted by molar-refractivity contribution is -0.364. The molecule has 0 aromatic carbocycles. The molecule has 0 aromatic rings. The molecular weight excluding hydrogens is 804 g/mol. The third-order valence-electron chi connectivity index (χ3n) is 8.49. The molecule has 0 aromatic heterocycles. The second-order valence-corrected chi connectivity index (χ2v) is 13.3. The van der Waals surface area contributed by atoms with Gasteiger partial charge in [0, 0.05) is 62.5 Å². The van der Waals surface area contributed by atoms with Gasteiger partial charge in [-0.2, -0.15) is 0 Å². The predicted molar refractivity (Wildman–Crippen MR) is 182 cm³/mol. The number of carbonyl (C=O) groups is 8. The molecule has 0 unspecified atom stereocenters. The fourth-order valence-electron chi connectivity index (χ4n) is 6.36. The number of methoxy groups -OCH3 is 1. The van der Waals surface area contributed by atoms with Gasteiger partial charge in [0.05, 0.1) is 6.61 Å². The van der Waals surface area contributed by atoms with Crippen molar-refractivity contribution in [3.05, 3.63) is 0 Å². The number of carbonyl (C=O) groups excluding carboxylic acids is 8. The standard InChI is InChI=1S/C35H50O24/c1-13(36)47-11-22-26(50-15(3)38)29(52-17(5)40)31(54-19(7)42)34(57-22)49-10-21-24(44)28(25(45)33(46-9)56-21)59-35-32(55-20(8)43)30(53-18(6)41)27(51-16(4)39)23(58-35)12-48-14(2)37/h21-35,44-45H,10-12H2,1-9H3/t21-,22-,23-,24-,25+,26+,27+,28+,29+,30+,31-,32-,33+,34-,35+/m1/s1. The van der Waals surface area contributed by atoms with Crippen LogP contribution in [0.3, 0.4) is 0 Å². The maximum Gasteiger partial charge on any atom is 0.303 e. The van der Waals surface area contributed by atoms with Crippen molar-refractivity contribution in [2.45, 2.75) is 148 Å². The van der Waals surface area contributed by atoms with Crippen molar-refractivity contribution in [2.75, 3.05) is 26.9 Å². The summed E-state index contributed by atoms with van der Waals surface area (Å²) in [4.78, 5) is 96.8. The van der Waals surface area contributed by atoms with Crippen molar-refractivity contribution in [1.82, 2.24) is 0 Å². The van der Waals surface area contributed by atoms with E-state index in [4.69, 9.17) is 66.3 Å². The van der Waals surface area contributed by atoms with Gasteiger partial charge in [-0.1, -0.05) is 0 Å². The summed E-state index contributed by atoms with van der Waals surface area (Å²) in [7, 11) is 1.13. The molecular formula is C35H50O24. The number of rotatable bonds is 16. The third kappa shape index (κ3) is 14.0. The van der Waals surface area contributed by atoms with Crippen LogP contribution in [0.1, 0.15) is 55.4 Å². The topological polar surface area (TPSA) is 306 Å². The maximum atomic E-state index is 12.3. The zero-order valence-corrected chi connectivity index (χ0v) is 33.7. The predicted octanol–water partition coefficient (Wildman–Crippen LogP) is -2.35. The molecule has 0 saturated carbocycles. The zero-order valence-electron chi connectivity index (χ0n) is 33.7. The van der Waals surface area contributed by atoms with E-state index in [1.165, 1.54) is 0 Å². The molecule has 0 spiro atoms. The van der Waals surface area contributed by atoms with Gasteiger partial charge in [0.15, 0.2) is 55.5 Å². The number of aliphatic hydroxyl groups is 2. The minimum absolute atomic E-state index is 0.565. The molecule has 0 amide bonds. The molecule has 15 atom stereocenters. The third-order valence-corrected chi connectivity index (χ3v) is 8.49. The van der Waals surface area contributed by atoms with Crippen LogP contribution in [0, 0.1) is 0 Å². The van der Waals surface area contributed by atoms with Crippen molar-refractivity contribution in [3.8, 4) is 0 Å². The number of hydrogen-bond donors (Lipinski definition) is 2. The summed E-state index contributed by atoms with van der Waals surface area (Å²) in [6, 6.07) is 0. The van der Waals surface area contributed by atoms with Crippen LogP contribution in [0.5, 0.6) is 0 Å². The summed E-state index contributed by atoms with van der Waals surface area (Å²) in [5.74, 6) is -7.00. The largest absolute Gasteiger partial charge is 0.463 e. The normalized spacial score (nSPS) is 34.3. The highest BCUT2D eigenvalue weighted by atomic mass is 16.8. The first-order valence-electron chi connectivity index (χ1n) is 18.1. The van der Waals surface area contributed by atoms with Crippen molar-refractivity contribution in [2.24, 2.45) is 0 Å². The first-order chi connectivity index (χ1) is 27.6. The quantitative estimate of drug-likeness (QED) is 0.121. The van der Waals surface area contributed by atoms with Gasteiger partial charge in [-0.25, -0.2) is 0 Å². The van der Waals surface area contributed by atoms with Crippen LogP contribution in [0.2, 0.25) is 0 Å². The van der Waals surface area contributed by atoms with E-state index in [0.717, 1.165) is 62.5 Å². The van der Waals surface area contributed by atoms with E-state index in [-0.39, 0.29) is 0 Å². The van der Waals surface area contributed by atoms with E-state index in [0.29, 0.717) is 0 Å². The van der Waals surface area contributed by atoms with E-state index < -0.39 is 160 Å². The Hall–Kier alpha value is -4.56. The molecule has 334 valence electrons. The average Bonchev–Trinajstić information content (AvgIpc) is 3.11. The van der Waals surface area contributed by atoms with Gasteiger partial charge >= 0.3 is 47.8 Å². The Kier molecular flexibility index (Phi) is 18.3. The zero-order chi connectivity index (χ0) is 44.3. The fraction of sp³-hybridized carbons (Fsp3) is 0.771. The van der Waals surface area contributed by atoms with Crippen molar-refractivity contribution in [1.29, 1.82) is 0 Å². The summed E-state index contributed by atoms with van der Waals surface area (Å²) in [5.41, 5.74) is 0. The average molecular weight is 855 g/mol. The van der Waals surface area contributed by atoms with Gasteiger partial charge in [0.2, 0.25) is 0 Å². The second-order valence-electron chi connectivity index (χ2n) is 13.3. The van der Waals surface area contributed by atoms with Crippen molar-refractivity contribution < 1.29 is 115 Å². The number of hydrogen-bond acceptors (Lipinski definition) is 24. The molecule has 0 radical (unpaired) electrons. The van der Waals surface area contributed by atoms with Crippen LogP contribution < -0.4 is 0 Å². The van der Waals surface area contributed by atoms with Crippen LogP contribution in [0.15, 0.2) is 0 Å². The van der Waals surface area contributed by atoms with E-state index in [2.05, 4.69) is 0 Å². The summed E-state index contributed by atoms with van der Waals surface area (Å²) in [6.07, 6.45) is -24.7. The molecule has 24 nitrogen and oxygen atoms in total. The summed E-state index contributed by atoms with van der Waals surface area (Å²) in [5, 5.41) is 22.9. The Balaban J connectivity index is 2.00. The van der Waals surface area contributed by atoms with Gasteiger partial charge < -0.3 is 76.5 Å². The van der Waals surface area contributed by atoms with Crippen molar-refractivity contribution >= 4 is 47.8 Å². The molecule has 3 rings (SSSR count). The van der Waals surface area contributed by atoms with Gasteiger partial charge in [-0.3, -0.25) is 38.4 Å². The molecule has 59 heavy (non-hydrogen) atoms. The maximum absolute atomic E-state index is 12.3. The van der Waals surface area contributed by atoms with Crippen LogP contribution in [-0.4, -0.2) is 177 Å². The highest BCUT2D eigenvalue weighted by molar-refractivity contribution is 5.70. The van der Waals surface area contributed by atoms with E-state index in [9.17, 15) is 48.6 Å².